The minimum absolute atomic E-state index is 0.0557. The van der Waals surface area contributed by atoms with E-state index >= 15 is 0 Å². The fraction of sp³-hybridized carbons (Fsp3) is 0.308. The normalized spacial score (nSPS) is 15.4. The second-order valence-electron chi connectivity index (χ2n) is 4.48. The third-order valence-electron chi connectivity index (χ3n) is 3.07. The predicted molar refractivity (Wildman–Crippen MR) is 66.3 cm³/mol. The first-order valence-corrected chi connectivity index (χ1v) is 5.88. The number of esters is 1. The number of aryl methyl sites for hydroxylation is 1. The molecule has 3 rings (SSSR count). The maximum absolute atomic E-state index is 11.8. The molecule has 0 amide bonds. The lowest BCUT2D eigenvalue weighted by atomic mass is 10.0. The molecular formula is C13H13N3O2. The molecule has 1 aromatic heterocycles. The highest BCUT2D eigenvalue weighted by atomic mass is 16.5. The van der Waals surface area contributed by atoms with Crippen molar-refractivity contribution in [2.24, 2.45) is 5.92 Å². The molecule has 2 aromatic rings. The highest BCUT2D eigenvalue weighted by molar-refractivity contribution is 5.87. The van der Waals surface area contributed by atoms with Crippen LogP contribution in [0.25, 0.3) is 10.9 Å². The molecule has 5 nitrogen and oxygen atoms in total. The molecule has 2 heterocycles. The van der Waals surface area contributed by atoms with Gasteiger partial charge in [0, 0.05) is 13.1 Å². The number of carbonyl (C=O) groups excluding carboxylic acids is 1. The molecule has 5 heteroatoms. The Kier molecular flexibility index (Phi) is 2.68. The lowest BCUT2D eigenvalue weighted by Crippen LogP contribution is -2.48. The molecule has 0 spiro atoms. The standard InChI is InChI=1S/C13H13N3O2/c1-8-2-3-11-10(4-8)12(16-7-15-11)18-13(17)9-5-14-6-9/h2-4,7,9,14H,5-6H2,1H3. The van der Waals surface area contributed by atoms with Crippen LogP contribution in [0.4, 0.5) is 0 Å². The number of carbonyl (C=O) groups is 1. The second kappa shape index (κ2) is 4.34. The van der Waals surface area contributed by atoms with Crippen molar-refractivity contribution in [3.63, 3.8) is 0 Å². The number of rotatable bonds is 2. The Bertz CT molecular complexity index is 608. The van der Waals surface area contributed by atoms with Crippen LogP contribution in [0.1, 0.15) is 5.56 Å². The van der Waals surface area contributed by atoms with Gasteiger partial charge >= 0.3 is 5.97 Å². The quantitative estimate of drug-likeness (QED) is 0.799. The summed E-state index contributed by atoms with van der Waals surface area (Å²) in [7, 11) is 0. The summed E-state index contributed by atoms with van der Waals surface area (Å²) in [4.78, 5) is 20.0. The average Bonchev–Trinajstić information content (AvgIpc) is 2.27. The molecule has 1 aliphatic rings. The van der Waals surface area contributed by atoms with Crippen LogP contribution < -0.4 is 10.1 Å². The number of fused-ring (bicyclic) bond motifs is 1. The Hall–Kier alpha value is -2.01. The van der Waals surface area contributed by atoms with E-state index in [2.05, 4.69) is 15.3 Å². The van der Waals surface area contributed by atoms with Crippen LogP contribution in [0.5, 0.6) is 5.88 Å². The van der Waals surface area contributed by atoms with Gasteiger partial charge in [0.15, 0.2) is 0 Å². The van der Waals surface area contributed by atoms with Gasteiger partial charge in [-0.1, -0.05) is 11.6 Å². The summed E-state index contributed by atoms with van der Waals surface area (Å²) in [5.41, 5.74) is 1.87. The van der Waals surface area contributed by atoms with Crippen LogP contribution in [0.2, 0.25) is 0 Å². The minimum Gasteiger partial charge on any atom is -0.406 e. The highest BCUT2D eigenvalue weighted by Crippen LogP contribution is 2.23. The molecule has 1 fully saturated rings. The Morgan fingerprint density at radius 3 is 2.94 bits per heavy atom. The number of benzene rings is 1. The molecule has 0 atom stereocenters. The summed E-state index contributed by atoms with van der Waals surface area (Å²) >= 11 is 0. The van der Waals surface area contributed by atoms with E-state index in [-0.39, 0.29) is 11.9 Å². The molecular weight excluding hydrogens is 230 g/mol. The number of hydrogen-bond acceptors (Lipinski definition) is 5. The first-order valence-electron chi connectivity index (χ1n) is 5.88. The maximum atomic E-state index is 11.8. The number of hydrogen-bond donors (Lipinski definition) is 1. The number of ether oxygens (including phenoxy) is 1. The van der Waals surface area contributed by atoms with Crippen molar-refractivity contribution in [2.45, 2.75) is 6.92 Å². The predicted octanol–water partition coefficient (Wildman–Crippen LogP) is 1.06. The van der Waals surface area contributed by atoms with Crippen molar-refractivity contribution in [3.8, 4) is 5.88 Å². The van der Waals surface area contributed by atoms with Crippen molar-refractivity contribution in [1.29, 1.82) is 0 Å². The van der Waals surface area contributed by atoms with Crippen molar-refractivity contribution < 1.29 is 9.53 Å². The topological polar surface area (TPSA) is 64.1 Å². The van der Waals surface area contributed by atoms with E-state index in [4.69, 9.17) is 4.74 Å². The Morgan fingerprint density at radius 2 is 2.22 bits per heavy atom. The summed E-state index contributed by atoms with van der Waals surface area (Å²) in [5.74, 6) is 0.0654. The fourth-order valence-corrected chi connectivity index (χ4v) is 1.86. The molecule has 1 saturated heterocycles. The first kappa shape index (κ1) is 11.1. The summed E-state index contributed by atoms with van der Waals surface area (Å²) < 4.78 is 5.36. The molecule has 0 radical (unpaired) electrons. The van der Waals surface area contributed by atoms with E-state index in [1.807, 2.05) is 25.1 Å². The zero-order valence-electron chi connectivity index (χ0n) is 10.0. The monoisotopic (exact) mass is 243 g/mol. The van der Waals surface area contributed by atoms with Crippen LogP contribution in [-0.4, -0.2) is 29.0 Å². The van der Waals surface area contributed by atoms with Crippen LogP contribution in [0.3, 0.4) is 0 Å². The molecule has 0 saturated carbocycles. The molecule has 92 valence electrons. The zero-order valence-corrected chi connectivity index (χ0v) is 10.0. The lowest BCUT2D eigenvalue weighted by molar-refractivity contribution is -0.140. The van der Waals surface area contributed by atoms with E-state index in [0.717, 1.165) is 16.5 Å². The van der Waals surface area contributed by atoms with Gasteiger partial charge in [-0.25, -0.2) is 9.97 Å². The largest absolute Gasteiger partial charge is 0.406 e. The van der Waals surface area contributed by atoms with Crippen LogP contribution in [0.15, 0.2) is 24.5 Å². The van der Waals surface area contributed by atoms with Gasteiger partial charge in [-0.05, 0) is 19.1 Å². The van der Waals surface area contributed by atoms with Crippen LogP contribution in [-0.2, 0) is 4.79 Å². The Balaban J connectivity index is 1.95. The van der Waals surface area contributed by atoms with Crippen molar-refractivity contribution in [3.05, 3.63) is 30.1 Å². The third kappa shape index (κ3) is 1.93. The van der Waals surface area contributed by atoms with E-state index in [9.17, 15) is 4.79 Å². The molecule has 1 aliphatic heterocycles. The maximum Gasteiger partial charge on any atom is 0.318 e. The van der Waals surface area contributed by atoms with Crippen LogP contribution in [0, 0.1) is 12.8 Å². The van der Waals surface area contributed by atoms with Gasteiger partial charge in [-0.3, -0.25) is 4.79 Å². The van der Waals surface area contributed by atoms with E-state index in [1.165, 1.54) is 6.33 Å². The number of aromatic nitrogens is 2. The van der Waals surface area contributed by atoms with Crippen molar-refractivity contribution in [2.75, 3.05) is 13.1 Å². The van der Waals surface area contributed by atoms with Gasteiger partial charge in [0.25, 0.3) is 0 Å². The second-order valence-corrected chi connectivity index (χ2v) is 4.48. The molecule has 1 N–H and O–H groups in total. The molecule has 1 aromatic carbocycles. The number of nitrogens with one attached hydrogen (secondary N) is 1. The van der Waals surface area contributed by atoms with Gasteiger partial charge in [-0.15, -0.1) is 0 Å². The average molecular weight is 243 g/mol. The van der Waals surface area contributed by atoms with E-state index in [0.29, 0.717) is 19.0 Å². The summed E-state index contributed by atoms with van der Waals surface area (Å²) in [5, 5.41) is 3.82. The summed E-state index contributed by atoms with van der Waals surface area (Å²) in [6.07, 6.45) is 1.42. The van der Waals surface area contributed by atoms with Gasteiger partial charge in [0.1, 0.15) is 6.33 Å². The SMILES string of the molecule is Cc1ccc2ncnc(OC(=O)C3CNC3)c2c1. The van der Waals surface area contributed by atoms with E-state index < -0.39 is 0 Å². The molecule has 0 aliphatic carbocycles. The molecule has 0 unspecified atom stereocenters. The minimum atomic E-state index is -0.227. The Labute approximate surface area is 104 Å². The van der Waals surface area contributed by atoms with Crippen molar-refractivity contribution in [1.82, 2.24) is 15.3 Å². The highest BCUT2D eigenvalue weighted by Gasteiger charge is 2.27. The number of nitrogens with zero attached hydrogens (tertiary/aromatic N) is 2. The van der Waals surface area contributed by atoms with Gasteiger partial charge in [0.2, 0.25) is 5.88 Å². The Morgan fingerprint density at radius 1 is 1.39 bits per heavy atom. The molecule has 0 bridgehead atoms. The van der Waals surface area contributed by atoms with E-state index in [1.54, 1.807) is 0 Å². The third-order valence-corrected chi connectivity index (χ3v) is 3.07. The van der Waals surface area contributed by atoms with Crippen molar-refractivity contribution >= 4 is 16.9 Å². The summed E-state index contributed by atoms with van der Waals surface area (Å²) in [6, 6.07) is 5.79. The zero-order chi connectivity index (χ0) is 12.5. The molecule has 18 heavy (non-hydrogen) atoms. The van der Waals surface area contributed by atoms with Gasteiger partial charge in [0.05, 0.1) is 16.8 Å². The summed E-state index contributed by atoms with van der Waals surface area (Å²) in [6.45, 7) is 3.34. The first-order chi connectivity index (χ1) is 8.74. The lowest BCUT2D eigenvalue weighted by Gasteiger charge is -2.24. The fourth-order valence-electron chi connectivity index (χ4n) is 1.86. The van der Waals surface area contributed by atoms with Crippen LogP contribution >= 0.6 is 0 Å². The smallest absolute Gasteiger partial charge is 0.318 e. The van der Waals surface area contributed by atoms with Gasteiger partial charge < -0.3 is 10.1 Å². The van der Waals surface area contributed by atoms with Gasteiger partial charge in [-0.2, -0.15) is 0 Å².